The van der Waals surface area contributed by atoms with Gasteiger partial charge < -0.3 is 9.73 Å². The summed E-state index contributed by atoms with van der Waals surface area (Å²) in [7, 11) is 0. The highest BCUT2D eigenvalue weighted by Gasteiger charge is 2.32. The van der Waals surface area contributed by atoms with Crippen LogP contribution in [0, 0.1) is 6.92 Å². The van der Waals surface area contributed by atoms with Crippen molar-refractivity contribution in [3.63, 3.8) is 0 Å². The smallest absolute Gasteiger partial charge is 0.277 e. The molecule has 28 heavy (non-hydrogen) atoms. The summed E-state index contributed by atoms with van der Waals surface area (Å²) in [5.41, 5.74) is 4.43. The molecular weight excluding hydrogens is 350 g/mol. The number of benzene rings is 2. The van der Waals surface area contributed by atoms with Gasteiger partial charge in [-0.2, -0.15) is 0 Å². The van der Waals surface area contributed by atoms with Gasteiger partial charge >= 0.3 is 0 Å². The van der Waals surface area contributed by atoms with Gasteiger partial charge in [0.1, 0.15) is 5.76 Å². The zero-order valence-corrected chi connectivity index (χ0v) is 15.5. The van der Waals surface area contributed by atoms with Gasteiger partial charge in [-0.1, -0.05) is 18.2 Å². The molecule has 4 aromatic rings. The minimum Gasteiger partial charge on any atom is -0.447 e. The molecule has 5 rings (SSSR count). The van der Waals surface area contributed by atoms with Crippen molar-refractivity contribution >= 4 is 22.4 Å². The number of anilines is 1. The van der Waals surface area contributed by atoms with E-state index in [0.29, 0.717) is 17.4 Å². The number of aromatic nitrogens is 2. The molecule has 0 saturated heterocycles. The van der Waals surface area contributed by atoms with Gasteiger partial charge in [-0.25, -0.2) is 4.98 Å². The van der Waals surface area contributed by atoms with E-state index in [4.69, 9.17) is 4.42 Å². The number of oxazole rings is 1. The van der Waals surface area contributed by atoms with E-state index in [-0.39, 0.29) is 5.91 Å². The van der Waals surface area contributed by atoms with Crippen LogP contribution in [0.4, 0.5) is 5.69 Å². The molecule has 0 atom stereocenters. The topological polar surface area (TPSA) is 68.0 Å². The Morgan fingerprint density at radius 1 is 1.11 bits per heavy atom. The van der Waals surface area contributed by atoms with Gasteiger partial charge in [0.05, 0.1) is 0 Å². The highest BCUT2D eigenvalue weighted by atomic mass is 16.3. The van der Waals surface area contributed by atoms with E-state index < -0.39 is 0 Å². The molecule has 138 valence electrons. The number of amides is 1. The monoisotopic (exact) mass is 369 g/mol. The number of aryl methyl sites for hydroxylation is 1. The Kier molecular flexibility index (Phi) is 3.93. The number of nitrogens with one attached hydrogen (secondary N) is 1. The molecule has 0 spiro atoms. The van der Waals surface area contributed by atoms with Crippen molar-refractivity contribution in [1.29, 1.82) is 0 Å². The van der Waals surface area contributed by atoms with Crippen LogP contribution in [0.5, 0.6) is 0 Å². The first-order valence-corrected chi connectivity index (χ1v) is 9.38. The van der Waals surface area contributed by atoms with E-state index in [0.717, 1.165) is 46.0 Å². The molecule has 5 nitrogen and oxygen atoms in total. The second-order valence-corrected chi connectivity index (χ2v) is 7.26. The van der Waals surface area contributed by atoms with Crippen molar-refractivity contribution in [3.8, 4) is 11.1 Å². The summed E-state index contributed by atoms with van der Waals surface area (Å²) in [6.07, 6.45) is 7.13. The molecule has 1 saturated carbocycles. The highest BCUT2D eigenvalue weighted by molar-refractivity contribution is 6.04. The Bertz CT molecular complexity index is 1190. The predicted molar refractivity (Wildman–Crippen MR) is 108 cm³/mol. The molecule has 2 heterocycles. The summed E-state index contributed by atoms with van der Waals surface area (Å²) in [6.45, 7) is 2.07. The van der Waals surface area contributed by atoms with E-state index in [9.17, 15) is 4.79 Å². The van der Waals surface area contributed by atoms with Crippen LogP contribution in [-0.2, 0) is 0 Å². The molecule has 1 aliphatic rings. The van der Waals surface area contributed by atoms with Crippen molar-refractivity contribution in [2.75, 3.05) is 5.32 Å². The second-order valence-electron chi connectivity index (χ2n) is 7.26. The van der Waals surface area contributed by atoms with Crippen LogP contribution in [0.3, 0.4) is 0 Å². The molecule has 1 fully saturated rings. The van der Waals surface area contributed by atoms with Crippen LogP contribution < -0.4 is 5.32 Å². The summed E-state index contributed by atoms with van der Waals surface area (Å²) in [5.74, 6) is 0.808. The molecule has 1 amide bonds. The number of fused-ring (bicyclic) bond motifs is 1. The summed E-state index contributed by atoms with van der Waals surface area (Å²) in [4.78, 5) is 21.0. The average molecular weight is 369 g/mol. The van der Waals surface area contributed by atoms with E-state index >= 15 is 0 Å². The Morgan fingerprint density at radius 3 is 2.86 bits per heavy atom. The summed E-state index contributed by atoms with van der Waals surface area (Å²) >= 11 is 0. The molecule has 5 heteroatoms. The van der Waals surface area contributed by atoms with E-state index in [1.54, 1.807) is 6.20 Å². The number of carbonyl (C=O) groups excluding carboxylic acids is 1. The zero-order valence-electron chi connectivity index (χ0n) is 15.5. The minimum atomic E-state index is -0.229. The van der Waals surface area contributed by atoms with Gasteiger partial charge in [0.15, 0.2) is 12.1 Å². The van der Waals surface area contributed by atoms with Crippen molar-refractivity contribution in [2.45, 2.75) is 25.7 Å². The maximum Gasteiger partial charge on any atom is 0.277 e. The number of pyridine rings is 1. The second kappa shape index (κ2) is 6.60. The van der Waals surface area contributed by atoms with Crippen molar-refractivity contribution in [3.05, 3.63) is 78.3 Å². The predicted octanol–water partition coefficient (Wildman–Crippen LogP) is 5.33. The Balaban J connectivity index is 1.46. The largest absolute Gasteiger partial charge is 0.447 e. The number of nitrogens with zero attached hydrogens (tertiary/aromatic N) is 2. The van der Waals surface area contributed by atoms with Gasteiger partial charge in [-0.05, 0) is 66.1 Å². The van der Waals surface area contributed by atoms with Gasteiger partial charge in [0.25, 0.3) is 5.91 Å². The van der Waals surface area contributed by atoms with Crippen molar-refractivity contribution in [2.24, 2.45) is 0 Å². The van der Waals surface area contributed by atoms with Crippen LogP contribution >= 0.6 is 0 Å². The summed E-state index contributed by atoms with van der Waals surface area (Å²) in [5, 5.41) is 5.21. The number of carbonyl (C=O) groups is 1. The SMILES string of the molecule is Cc1ccc(NC(=O)c2ncoc2C2CC2)cc1-c1ccc2ccncc2c1. The Hall–Kier alpha value is -3.47. The molecule has 2 aromatic carbocycles. The first-order valence-electron chi connectivity index (χ1n) is 9.38. The normalized spacial score (nSPS) is 13.6. The van der Waals surface area contributed by atoms with E-state index in [1.807, 2.05) is 30.5 Å². The maximum atomic E-state index is 12.7. The third-order valence-corrected chi connectivity index (χ3v) is 5.21. The van der Waals surface area contributed by atoms with Crippen LogP contribution in [0.15, 0.2) is 65.7 Å². The number of hydrogen-bond donors (Lipinski definition) is 1. The van der Waals surface area contributed by atoms with Crippen LogP contribution in [0.1, 0.15) is 40.6 Å². The maximum absolute atomic E-state index is 12.7. The lowest BCUT2D eigenvalue weighted by Crippen LogP contribution is -2.14. The molecule has 0 unspecified atom stereocenters. The van der Waals surface area contributed by atoms with Crippen LogP contribution in [0.2, 0.25) is 0 Å². The molecule has 0 radical (unpaired) electrons. The first kappa shape index (κ1) is 16.7. The molecular formula is C23H19N3O2. The number of hydrogen-bond acceptors (Lipinski definition) is 4. The molecule has 0 bridgehead atoms. The Morgan fingerprint density at radius 2 is 2.00 bits per heavy atom. The minimum absolute atomic E-state index is 0.229. The van der Waals surface area contributed by atoms with Gasteiger partial charge in [0.2, 0.25) is 0 Å². The molecule has 1 aliphatic carbocycles. The average Bonchev–Trinajstić information content (AvgIpc) is 3.45. The first-order chi connectivity index (χ1) is 13.7. The van der Waals surface area contributed by atoms with Gasteiger partial charge in [-0.15, -0.1) is 0 Å². The lowest BCUT2D eigenvalue weighted by molar-refractivity contribution is 0.102. The van der Waals surface area contributed by atoms with Crippen molar-refractivity contribution in [1.82, 2.24) is 9.97 Å². The molecule has 0 aliphatic heterocycles. The van der Waals surface area contributed by atoms with E-state index in [2.05, 4.69) is 40.4 Å². The van der Waals surface area contributed by atoms with Crippen LogP contribution in [0.25, 0.3) is 21.9 Å². The fourth-order valence-electron chi connectivity index (χ4n) is 3.51. The third kappa shape index (κ3) is 3.05. The fraction of sp³-hybridized carbons (Fsp3) is 0.174. The lowest BCUT2D eigenvalue weighted by Gasteiger charge is -2.11. The van der Waals surface area contributed by atoms with Gasteiger partial charge in [0, 0.05) is 29.4 Å². The molecule has 2 aromatic heterocycles. The summed E-state index contributed by atoms with van der Waals surface area (Å²) < 4.78 is 5.42. The van der Waals surface area contributed by atoms with Crippen molar-refractivity contribution < 1.29 is 9.21 Å². The van der Waals surface area contributed by atoms with Crippen LogP contribution in [-0.4, -0.2) is 15.9 Å². The zero-order chi connectivity index (χ0) is 19.1. The number of rotatable bonds is 4. The van der Waals surface area contributed by atoms with Gasteiger partial charge in [-0.3, -0.25) is 9.78 Å². The third-order valence-electron chi connectivity index (χ3n) is 5.21. The Labute approximate surface area is 162 Å². The quantitative estimate of drug-likeness (QED) is 0.528. The van der Waals surface area contributed by atoms with E-state index in [1.165, 1.54) is 6.39 Å². The molecule has 1 N–H and O–H groups in total. The standard InChI is InChI=1S/C23H19N3O2/c1-14-2-7-19(26-23(27)21-22(16-4-5-16)28-13-25-21)11-20(14)17-6-3-15-8-9-24-12-18(15)10-17/h2-3,6-13,16H,4-5H2,1H3,(H,26,27). The summed E-state index contributed by atoms with van der Waals surface area (Å²) in [6, 6.07) is 14.2. The fourth-order valence-corrected chi connectivity index (χ4v) is 3.51. The lowest BCUT2D eigenvalue weighted by atomic mass is 9.98. The highest BCUT2D eigenvalue weighted by Crippen LogP contribution is 2.41.